The minimum atomic E-state index is -3.77. The zero-order valence-electron chi connectivity index (χ0n) is 12.9. The Bertz CT molecular complexity index is 910. The van der Waals surface area contributed by atoms with Gasteiger partial charge >= 0.3 is 0 Å². The molecular weight excluding hydrogens is 353 g/mol. The molecule has 0 N–H and O–H groups in total. The van der Waals surface area contributed by atoms with Crippen LogP contribution in [0.5, 0.6) is 0 Å². The van der Waals surface area contributed by atoms with E-state index in [0.717, 1.165) is 17.7 Å². The third kappa shape index (κ3) is 3.09. The first-order valence-electron chi connectivity index (χ1n) is 7.37. The maximum absolute atomic E-state index is 13.5. The van der Waals surface area contributed by atoms with Crippen molar-refractivity contribution in [3.05, 3.63) is 63.9 Å². The Kier molecular flexibility index (Phi) is 4.46. The molecule has 24 heavy (non-hydrogen) atoms. The van der Waals surface area contributed by atoms with Crippen LogP contribution in [0.2, 0.25) is 5.02 Å². The number of aryl methyl sites for hydroxylation is 1. The summed E-state index contributed by atoms with van der Waals surface area (Å²) < 4.78 is 40.4. The molecule has 1 aliphatic heterocycles. The summed E-state index contributed by atoms with van der Waals surface area (Å²) >= 11 is 6.05. The van der Waals surface area contributed by atoms with Crippen LogP contribution in [-0.2, 0) is 16.6 Å². The van der Waals surface area contributed by atoms with Gasteiger partial charge in [-0.25, -0.2) is 12.8 Å². The first kappa shape index (κ1) is 17.1. The highest BCUT2D eigenvalue weighted by Crippen LogP contribution is 2.30. The summed E-state index contributed by atoms with van der Waals surface area (Å²) in [5, 5.41) is 0.0596. The number of ketones is 1. The van der Waals surface area contributed by atoms with E-state index in [9.17, 15) is 17.6 Å². The van der Waals surface area contributed by atoms with Gasteiger partial charge in [-0.05, 0) is 36.8 Å². The van der Waals surface area contributed by atoms with Crippen LogP contribution in [0, 0.1) is 12.7 Å². The molecular formula is C17H15ClFNO3S. The van der Waals surface area contributed by atoms with Crippen LogP contribution in [-0.4, -0.2) is 25.1 Å². The summed E-state index contributed by atoms with van der Waals surface area (Å²) in [6, 6.07) is 8.70. The molecule has 0 fully saturated rings. The highest BCUT2D eigenvalue weighted by molar-refractivity contribution is 7.89. The molecule has 1 heterocycles. The first-order chi connectivity index (χ1) is 11.3. The van der Waals surface area contributed by atoms with Gasteiger partial charge in [0.15, 0.2) is 5.78 Å². The minimum absolute atomic E-state index is 0.0160. The lowest BCUT2D eigenvalue weighted by Gasteiger charge is -2.20. The molecule has 0 saturated heterocycles. The molecule has 0 saturated carbocycles. The van der Waals surface area contributed by atoms with E-state index in [2.05, 4.69) is 0 Å². The molecule has 4 nitrogen and oxygen atoms in total. The molecule has 0 atom stereocenters. The van der Waals surface area contributed by atoms with E-state index in [1.807, 2.05) is 6.92 Å². The van der Waals surface area contributed by atoms with E-state index < -0.39 is 15.8 Å². The summed E-state index contributed by atoms with van der Waals surface area (Å²) in [6.45, 7) is 1.84. The predicted octanol–water partition coefficient (Wildman–Crippen LogP) is 3.56. The Balaban J connectivity index is 2.04. The molecule has 0 bridgehead atoms. The van der Waals surface area contributed by atoms with Crippen LogP contribution < -0.4 is 0 Å². The van der Waals surface area contributed by atoms with E-state index in [1.165, 1.54) is 16.4 Å². The monoisotopic (exact) mass is 367 g/mol. The fourth-order valence-corrected chi connectivity index (χ4v) is 4.37. The molecule has 0 spiro atoms. The molecule has 3 rings (SSSR count). The Hall–Kier alpha value is -1.76. The summed E-state index contributed by atoms with van der Waals surface area (Å²) in [5.41, 5.74) is 1.45. The van der Waals surface area contributed by atoms with Gasteiger partial charge in [-0.3, -0.25) is 4.79 Å². The van der Waals surface area contributed by atoms with Crippen LogP contribution in [0.15, 0.2) is 41.3 Å². The number of hydrogen-bond acceptors (Lipinski definition) is 3. The van der Waals surface area contributed by atoms with E-state index in [4.69, 9.17) is 11.6 Å². The molecule has 0 unspecified atom stereocenters. The molecule has 7 heteroatoms. The lowest BCUT2D eigenvalue weighted by molar-refractivity contribution is 0.0981. The van der Waals surface area contributed by atoms with Crippen molar-refractivity contribution in [2.24, 2.45) is 0 Å². The second-order valence-corrected chi connectivity index (χ2v) is 8.08. The smallest absolute Gasteiger partial charge is 0.243 e. The lowest BCUT2D eigenvalue weighted by atomic mass is 10.0. The van der Waals surface area contributed by atoms with Crippen molar-refractivity contribution in [2.75, 3.05) is 6.54 Å². The second kappa shape index (κ2) is 6.27. The van der Waals surface area contributed by atoms with E-state index >= 15 is 0 Å². The summed E-state index contributed by atoms with van der Waals surface area (Å²) in [5.74, 6) is -0.921. The number of sulfonamides is 1. The highest BCUT2D eigenvalue weighted by atomic mass is 35.5. The predicted molar refractivity (Wildman–Crippen MR) is 89.1 cm³/mol. The van der Waals surface area contributed by atoms with Gasteiger partial charge in [0.25, 0.3) is 0 Å². The molecule has 1 aliphatic rings. The SMILES string of the molecule is Cc1ccc(S(=O)(=O)N2CCC(=O)c3cc(F)cc(Cl)c3C2)cc1. The fraction of sp³-hybridized carbons (Fsp3) is 0.235. The normalized spacial score (nSPS) is 15.9. The Labute approximate surface area is 144 Å². The third-order valence-corrected chi connectivity index (χ3v) is 6.24. The average molecular weight is 368 g/mol. The zero-order valence-corrected chi connectivity index (χ0v) is 14.5. The Morgan fingerprint density at radius 2 is 1.83 bits per heavy atom. The topological polar surface area (TPSA) is 54.5 Å². The van der Waals surface area contributed by atoms with Gasteiger partial charge in [-0.15, -0.1) is 0 Å². The first-order valence-corrected chi connectivity index (χ1v) is 9.19. The highest BCUT2D eigenvalue weighted by Gasteiger charge is 2.31. The van der Waals surface area contributed by atoms with Gasteiger partial charge in [-0.1, -0.05) is 29.3 Å². The quantitative estimate of drug-likeness (QED) is 0.815. The van der Waals surface area contributed by atoms with Crippen LogP contribution in [0.3, 0.4) is 0 Å². The van der Waals surface area contributed by atoms with Crippen LogP contribution in [0.25, 0.3) is 0 Å². The van der Waals surface area contributed by atoms with Gasteiger partial charge in [-0.2, -0.15) is 4.31 Å². The summed E-state index contributed by atoms with van der Waals surface area (Å²) in [6.07, 6.45) is -0.0160. The van der Waals surface area contributed by atoms with Crippen LogP contribution in [0.1, 0.15) is 27.9 Å². The van der Waals surface area contributed by atoms with Crippen LogP contribution >= 0.6 is 11.6 Å². The van der Waals surface area contributed by atoms with Gasteiger partial charge in [0.1, 0.15) is 5.82 Å². The molecule has 0 aliphatic carbocycles. The van der Waals surface area contributed by atoms with Crippen molar-refractivity contribution in [1.29, 1.82) is 0 Å². The van der Waals surface area contributed by atoms with Crippen molar-refractivity contribution in [3.8, 4) is 0 Å². The van der Waals surface area contributed by atoms with Gasteiger partial charge < -0.3 is 0 Å². The Morgan fingerprint density at radius 3 is 2.50 bits per heavy atom. The van der Waals surface area contributed by atoms with E-state index in [0.29, 0.717) is 5.56 Å². The number of halogens is 2. The molecule has 0 amide bonds. The number of Topliss-reactive ketones (excluding diaryl/α,β-unsaturated/α-hetero) is 1. The number of rotatable bonds is 2. The number of nitrogens with zero attached hydrogens (tertiary/aromatic N) is 1. The minimum Gasteiger partial charge on any atom is -0.294 e. The van der Waals surface area contributed by atoms with Crippen molar-refractivity contribution >= 4 is 27.4 Å². The van der Waals surface area contributed by atoms with E-state index in [-0.39, 0.29) is 40.8 Å². The third-order valence-electron chi connectivity index (χ3n) is 4.04. The van der Waals surface area contributed by atoms with Crippen molar-refractivity contribution in [1.82, 2.24) is 4.31 Å². The van der Waals surface area contributed by atoms with Gasteiger partial charge in [0, 0.05) is 30.1 Å². The van der Waals surface area contributed by atoms with Crippen LogP contribution in [0.4, 0.5) is 4.39 Å². The average Bonchev–Trinajstić information content (AvgIpc) is 2.68. The molecule has 0 aromatic heterocycles. The maximum atomic E-state index is 13.5. The fourth-order valence-electron chi connectivity index (χ4n) is 2.69. The number of carbonyl (C=O) groups is 1. The summed E-state index contributed by atoms with van der Waals surface area (Å²) in [4.78, 5) is 12.4. The molecule has 126 valence electrons. The van der Waals surface area contributed by atoms with Gasteiger partial charge in [0.2, 0.25) is 10.0 Å². The largest absolute Gasteiger partial charge is 0.294 e. The van der Waals surface area contributed by atoms with Crippen molar-refractivity contribution in [2.45, 2.75) is 24.8 Å². The Morgan fingerprint density at radius 1 is 1.17 bits per heavy atom. The second-order valence-electron chi connectivity index (χ2n) is 5.74. The standard InChI is InChI=1S/C17H15ClFNO3S/c1-11-2-4-13(5-3-11)24(22,23)20-7-6-17(21)14-8-12(19)9-16(18)15(14)10-20/h2-5,8-9H,6-7,10H2,1H3. The number of carbonyl (C=O) groups excluding carboxylic acids is 1. The molecule has 2 aromatic rings. The number of hydrogen-bond donors (Lipinski definition) is 0. The summed E-state index contributed by atoms with van der Waals surface area (Å²) in [7, 11) is -3.77. The number of fused-ring (bicyclic) bond motifs is 1. The molecule has 0 radical (unpaired) electrons. The zero-order chi connectivity index (χ0) is 17.5. The number of benzene rings is 2. The van der Waals surface area contributed by atoms with Gasteiger partial charge in [0.05, 0.1) is 4.90 Å². The maximum Gasteiger partial charge on any atom is 0.243 e. The molecule has 2 aromatic carbocycles. The lowest BCUT2D eigenvalue weighted by Crippen LogP contribution is -2.31. The van der Waals surface area contributed by atoms with Crippen molar-refractivity contribution in [3.63, 3.8) is 0 Å². The van der Waals surface area contributed by atoms with E-state index in [1.54, 1.807) is 12.1 Å². The van der Waals surface area contributed by atoms with Crippen molar-refractivity contribution < 1.29 is 17.6 Å².